The maximum absolute atomic E-state index is 8.68. The van der Waals surface area contributed by atoms with Gasteiger partial charge in [0.15, 0.2) is 0 Å². The summed E-state index contributed by atoms with van der Waals surface area (Å²) in [4.78, 5) is 0. The summed E-state index contributed by atoms with van der Waals surface area (Å²) < 4.78 is 5.69. The highest BCUT2D eigenvalue weighted by molar-refractivity contribution is 5.28. The number of ether oxygens (including phenoxy) is 1. The molecule has 1 rings (SSSR count). The van der Waals surface area contributed by atoms with Crippen LogP contribution in [0.15, 0.2) is 24.3 Å². The first-order valence-corrected chi connectivity index (χ1v) is 6.78. The Hall–Kier alpha value is -1.06. The molecule has 0 amide bonds. The average Bonchev–Trinajstić information content (AvgIpc) is 2.37. The molecular formula is C15H25NO2. The maximum Gasteiger partial charge on any atom is 0.119 e. The van der Waals surface area contributed by atoms with Gasteiger partial charge in [-0.2, -0.15) is 0 Å². The first kappa shape index (κ1) is 15.0. The Morgan fingerprint density at radius 1 is 1.22 bits per heavy atom. The standard InChI is InChI=1S/C15H25NO2/c1-13(2)16-12-14-7-6-8-15(11-14)18-10-5-3-4-9-17/h6-8,11,13,16-17H,3-5,9-10,12H2,1-2H3. The van der Waals surface area contributed by atoms with Crippen molar-refractivity contribution in [2.75, 3.05) is 13.2 Å². The molecule has 0 spiro atoms. The third-order valence-electron chi connectivity index (χ3n) is 2.68. The fraction of sp³-hybridized carbons (Fsp3) is 0.600. The van der Waals surface area contributed by atoms with E-state index in [0.29, 0.717) is 6.04 Å². The smallest absolute Gasteiger partial charge is 0.119 e. The predicted molar refractivity (Wildman–Crippen MR) is 74.8 cm³/mol. The summed E-state index contributed by atoms with van der Waals surface area (Å²) in [6.07, 6.45) is 2.88. The second-order valence-electron chi connectivity index (χ2n) is 4.82. The van der Waals surface area contributed by atoms with Crippen molar-refractivity contribution in [3.8, 4) is 5.75 Å². The molecule has 0 saturated carbocycles. The van der Waals surface area contributed by atoms with E-state index in [1.807, 2.05) is 12.1 Å². The molecule has 1 aromatic rings. The van der Waals surface area contributed by atoms with E-state index < -0.39 is 0 Å². The molecule has 3 nitrogen and oxygen atoms in total. The number of aliphatic hydroxyl groups is 1. The van der Waals surface area contributed by atoms with Gasteiger partial charge in [-0.1, -0.05) is 26.0 Å². The summed E-state index contributed by atoms with van der Waals surface area (Å²) in [5.74, 6) is 0.932. The lowest BCUT2D eigenvalue weighted by molar-refractivity contribution is 0.266. The Morgan fingerprint density at radius 2 is 2.06 bits per heavy atom. The van der Waals surface area contributed by atoms with E-state index in [0.717, 1.165) is 38.2 Å². The Bertz CT molecular complexity index is 326. The van der Waals surface area contributed by atoms with Gasteiger partial charge in [0, 0.05) is 19.2 Å². The number of nitrogens with one attached hydrogen (secondary N) is 1. The Morgan fingerprint density at radius 3 is 2.78 bits per heavy atom. The molecule has 0 aliphatic carbocycles. The molecule has 0 atom stereocenters. The molecule has 18 heavy (non-hydrogen) atoms. The molecule has 0 bridgehead atoms. The lowest BCUT2D eigenvalue weighted by atomic mass is 10.2. The molecule has 0 aromatic heterocycles. The van der Waals surface area contributed by atoms with Crippen LogP contribution >= 0.6 is 0 Å². The normalized spacial score (nSPS) is 10.9. The monoisotopic (exact) mass is 251 g/mol. The minimum atomic E-state index is 0.274. The van der Waals surface area contributed by atoms with Crippen molar-refractivity contribution in [2.24, 2.45) is 0 Å². The van der Waals surface area contributed by atoms with Gasteiger partial charge in [0.05, 0.1) is 6.61 Å². The van der Waals surface area contributed by atoms with E-state index in [1.54, 1.807) is 0 Å². The maximum atomic E-state index is 8.68. The van der Waals surface area contributed by atoms with E-state index in [2.05, 4.69) is 31.3 Å². The summed E-state index contributed by atoms with van der Waals surface area (Å²) in [5.41, 5.74) is 1.25. The predicted octanol–water partition coefficient (Wildman–Crippen LogP) is 2.73. The van der Waals surface area contributed by atoms with E-state index in [9.17, 15) is 0 Å². The second kappa shape index (κ2) is 8.95. The van der Waals surface area contributed by atoms with Crippen LogP contribution in [0.5, 0.6) is 5.75 Å². The van der Waals surface area contributed by atoms with Gasteiger partial charge in [0.1, 0.15) is 5.75 Å². The first-order chi connectivity index (χ1) is 8.72. The van der Waals surface area contributed by atoms with Gasteiger partial charge >= 0.3 is 0 Å². The summed E-state index contributed by atoms with van der Waals surface area (Å²) >= 11 is 0. The molecule has 0 heterocycles. The molecule has 0 unspecified atom stereocenters. The zero-order chi connectivity index (χ0) is 13.2. The minimum Gasteiger partial charge on any atom is -0.494 e. The Balaban J connectivity index is 2.30. The average molecular weight is 251 g/mol. The molecule has 0 fully saturated rings. The van der Waals surface area contributed by atoms with Crippen LogP contribution in [-0.2, 0) is 6.54 Å². The number of hydrogen-bond acceptors (Lipinski definition) is 3. The van der Waals surface area contributed by atoms with Crippen molar-refractivity contribution < 1.29 is 9.84 Å². The van der Waals surface area contributed by atoms with Crippen LogP contribution in [0.2, 0.25) is 0 Å². The lowest BCUT2D eigenvalue weighted by Gasteiger charge is -2.10. The molecule has 2 N–H and O–H groups in total. The number of hydrogen-bond donors (Lipinski definition) is 2. The largest absolute Gasteiger partial charge is 0.494 e. The number of benzene rings is 1. The summed E-state index contributed by atoms with van der Waals surface area (Å²) in [5, 5.41) is 12.1. The Kier molecular flexibility index (Phi) is 7.46. The van der Waals surface area contributed by atoms with Crippen molar-refractivity contribution in [3.63, 3.8) is 0 Å². The zero-order valence-electron chi connectivity index (χ0n) is 11.5. The van der Waals surface area contributed by atoms with E-state index in [-0.39, 0.29) is 6.61 Å². The fourth-order valence-corrected chi connectivity index (χ4v) is 1.65. The number of rotatable bonds is 9. The molecule has 0 saturated heterocycles. The first-order valence-electron chi connectivity index (χ1n) is 6.78. The van der Waals surface area contributed by atoms with Crippen molar-refractivity contribution in [1.29, 1.82) is 0 Å². The van der Waals surface area contributed by atoms with Crippen molar-refractivity contribution in [3.05, 3.63) is 29.8 Å². The van der Waals surface area contributed by atoms with Gasteiger partial charge in [-0.05, 0) is 37.0 Å². The van der Waals surface area contributed by atoms with E-state index in [4.69, 9.17) is 9.84 Å². The van der Waals surface area contributed by atoms with Crippen LogP contribution in [0.25, 0.3) is 0 Å². The van der Waals surface area contributed by atoms with Gasteiger partial charge in [-0.25, -0.2) is 0 Å². The van der Waals surface area contributed by atoms with Crippen LogP contribution in [0.3, 0.4) is 0 Å². The van der Waals surface area contributed by atoms with Gasteiger partial charge in [0.2, 0.25) is 0 Å². The highest BCUT2D eigenvalue weighted by Crippen LogP contribution is 2.14. The van der Waals surface area contributed by atoms with E-state index in [1.165, 1.54) is 5.56 Å². The number of unbranched alkanes of at least 4 members (excludes halogenated alkanes) is 2. The number of aliphatic hydroxyl groups excluding tert-OH is 1. The van der Waals surface area contributed by atoms with Crippen molar-refractivity contribution in [2.45, 2.75) is 45.7 Å². The van der Waals surface area contributed by atoms with Crippen molar-refractivity contribution >= 4 is 0 Å². The second-order valence-corrected chi connectivity index (χ2v) is 4.82. The summed E-state index contributed by atoms with van der Waals surface area (Å²) in [6, 6.07) is 8.70. The van der Waals surface area contributed by atoms with Crippen LogP contribution in [-0.4, -0.2) is 24.4 Å². The molecule has 1 aromatic carbocycles. The van der Waals surface area contributed by atoms with Crippen LogP contribution in [0, 0.1) is 0 Å². The molecule has 0 aliphatic heterocycles. The molecular weight excluding hydrogens is 226 g/mol. The quantitative estimate of drug-likeness (QED) is 0.663. The van der Waals surface area contributed by atoms with Crippen molar-refractivity contribution in [1.82, 2.24) is 5.32 Å². The highest BCUT2D eigenvalue weighted by atomic mass is 16.5. The zero-order valence-corrected chi connectivity index (χ0v) is 11.5. The third-order valence-corrected chi connectivity index (χ3v) is 2.68. The Labute approximate surface area is 110 Å². The van der Waals surface area contributed by atoms with Crippen LogP contribution in [0.1, 0.15) is 38.7 Å². The van der Waals surface area contributed by atoms with E-state index >= 15 is 0 Å². The highest BCUT2D eigenvalue weighted by Gasteiger charge is 1.98. The minimum absolute atomic E-state index is 0.274. The van der Waals surface area contributed by atoms with Gasteiger partial charge in [-0.3, -0.25) is 0 Å². The lowest BCUT2D eigenvalue weighted by Crippen LogP contribution is -2.21. The van der Waals surface area contributed by atoms with Gasteiger partial charge in [0.25, 0.3) is 0 Å². The van der Waals surface area contributed by atoms with Gasteiger partial charge < -0.3 is 15.2 Å². The summed E-state index contributed by atoms with van der Waals surface area (Å²) in [6.45, 7) is 6.15. The fourth-order valence-electron chi connectivity index (χ4n) is 1.65. The van der Waals surface area contributed by atoms with Crippen LogP contribution < -0.4 is 10.1 Å². The third kappa shape index (κ3) is 6.62. The topological polar surface area (TPSA) is 41.5 Å². The molecule has 3 heteroatoms. The van der Waals surface area contributed by atoms with Gasteiger partial charge in [-0.15, -0.1) is 0 Å². The van der Waals surface area contributed by atoms with Crippen LogP contribution in [0.4, 0.5) is 0 Å². The molecule has 102 valence electrons. The molecule has 0 aliphatic rings. The molecule has 0 radical (unpaired) electrons. The SMILES string of the molecule is CC(C)NCc1cccc(OCCCCCO)c1. The summed E-state index contributed by atoms with van der Waals surface area (Å²) in [7, 11) is 0.